The summed E-state index contributed by atoms with van der Waals surface area (Å²) < 4.78 is 7.00. The molecule has 3 rings (SSSR count). The Morgan fingerprint density at radius 2 is 1.74 bits per heavy atom. The van der Waals surface area contributed by atoms with Crippen LogP contribution in [0.1, 0.15) is 45.9 Å². The minimum absolute atomic E-state index is 0.0419. The van der Waals surface area contributed by atoms with Gasteiger partial charge in [-0.1, -0.05) is 47.0 Å². The summed E-state index contributed by atoms with van der Waals surface area (Å²) in [4.78, 5) is 12.8. The van der Waals surface area contributed by atoms with Crippen molar-refractivity contribution in [2.24, 2.45) is 0 Å². The third kappa shape index (κ3) is 6.48. The first-order valence-electron chi connectivity index (χ1n) is 11.2. The summed E-state index contributed by atoms with van der Waals surface area (Å²) in [6.45, 7) is 10.6. The second-order valence-corrected chi connectivity index (χ2v) is 9.69. The maximum Gasteiger partial charge on any atom is 0.266 e. The maximum atomic E-state index is 12.8. The minimum Gasteiger partial charge on any atom is -0.494 e. The second-order valence-electron chi connectivity index (χ2n) is 8.53. The van der Waals surface area contributed by atoms with Crippen molar-refractivity contribution in [2.75, 3.05) is 11.9 Å². The van der Waals surface area contributed by atoms with Crippen LogP contribution in [0.25, 0.3) is 6.08 Å². The van der Waals surface area contributed by atoms with E-state index in [2.05, 4.69) is 60.0 Å². The Labute approximate surface area is 215 Å². The van der Waals surface area contributed by atoms with Gasteiger partial charge in [-0.05, 0) is 98.2 Å². The molecule has 3 aromatic carbocycles. The fourth-order valence-corrected chi connectivity index (χ4v) is 4.82. The van der Waals surface area contributed by atoms with Crippen molar-refractivity contribution in [3.05, 3.63) is 96.6 Å². The van der Waals surface area contributed by atoms with Crippen molar-refractivity contribution >= 4 is 40.3 Å². The van der Waals surface area contributed by atoms with Crippen LogP contribution in [-0.2, 0) is 11.2 Å². The lowest BCUT2D eigenvalue weighted by molar-refractivity contribution is -0.112. The Kier molecular flexibility index (Phi) is 8.51. The first-order chi connectivity index (χ1) is 16.2. The van der Waals surface area contributed by atoms with Crippen LogP contribution in [0.5, 0.6) is 5.75 Å². The number of carbonyl (C=O) groups is 1. The van der Waals surface area contributed by atoms with Crippen molar-refractivity contribution < 1.29 is 9.53 Å². The maximum absolute atomic E-state index is 12.8. The van der Waals surface area contributed by atoms with Crippen LogP contribution < -0.4 is 10.1 Å². The molecule has 5 heteroatoms. The molecule has 1 amide bonds. The summed E-state index contributed by atoms with van der Waals surface area (Å²) in [5, 5.41) is 12.5. The van der Waals surface area contributed by atoms with Gasteiger partial charge < -0.3 is 10.1 Å². The molecule has 34 heavy (non-hydrogen) atoms. The number of rotatable bonds is 7. The van der Waals surface area contributed by atoms with E-state index in [1.807, 2.05) is 57.2 Å². The molecule has 0 fully saturated rings. The van der Waals surface area contributed by atoms with E-state index in [1.165, 1.54) is 16.7 Å². The van der Waals surface area contributed by atoms with E-state index < -0.39 is 5.91 Å². The van der Waals surface area contributed by atoms with Gasteiger partial charge in [0.2, 0.25) is 0 Å². The van der Waals surface area contributed by atoms with Gasteiger partial charge in [0.1, 0.15) is 17.4 Å². The molecule has 0 heterocycles. The van der Waals surface area contributed by atoms with Crippen LogP contribution >= 0.6 is 22.6 Å². The molecule has 0 atom stereocenters. The number of anilines is 1. The van der Waals surface area contributed by atoms with Gasteiger partial charge in [-0.2, -0.15) is 5.26 Å². The molecular weight excluding hydrogens is 535 g/mol. The molecule has 0 saturated heterocycles. The molecule has 0 bridgehead atoms. The average molecular weight is 564 g/mol. The second kappa shape index (κ2) is 11.3. The lowest BCUT2D eigenvalue weighted by atomic mass is 9.98. The molecular formula is C29H29IN2O2. The summed E-state index contributed by atoms with van der Waals surface area (Å²) in [5.74, 6) is 0.341. The first-order valence-corrected chi connectivity index (χ1v) is 12.3. The Hall–Kier alpha value is -3.11. The van der Waals surface area contributed by atoms with Gasteiger partial charge in [0.15, 0.2) is 0 Å². The average Bonchev–Trinajstić information content (AvgIpc) is 2.76. The van der Waals surface area contributed by atoms with E-state index >= 15 is 0 Å². The number of aryl methyl sites for hydroxylation is 4. The number of nitrogens with one attached hydrogen (secondary N) is 1. The molecule has 0 spiro atoms. The smallest absolute Gasteiger partial charge is 0.266 e. The highest BCUT2D eigenvalue weighted by Crippen LogP contribution is 2.30. The van der Waals surface area contributed by atoms with Crippen LogP contribution in [-0.4, -0.2) is 12.5 Å². The van der Waals surface area contributed by atoms with E-state index in [-0.39, 0.29) is 5.57 Å². The molecule has 174 valence electrons. The Morgan fingerprint density at radius 1 is 1.03 bits per heavy atom. The third-order valence-electron chi connectivity index (χ3n) is 5.45. The lowest BCUT2D eigenvalue weighted by Gasteiger charge is -2.15. The number of halogens is 1. The Morgan fingerprint density at radius 3 is 2.35 bits per heavy atom. The number of nitriles is 1. The highest BCUT2D eigenvalue weighted by atomic mass is 127. The third-order valence-corrected chi connectivity index (χ3v) is 6.41. The van der Waals surface area contributed by atoms with Crippen LogP contribution in [0.4, 0.5) is 5.69 Å². The van der Waals surface area contributed by atoms with Gasteiger partial charge in [0.25, 0.3) is 5.91 Å². The fraction of sp³-hybridized carbons (Fsp3) is 0.241. The topological polar surface area (TPSA) is 62.1 Å². The van der Waals surface area contributed by atoms with Gasteiger partial charge in [0, 0.05) is 21.2 Å². The van der Waals surface area contributed by atoms with Gasteiger partial charge in [-0.15, -0.1) is 0 Å². The molecule has 0 unspecified atom stereocenters. The number of hydrogen-bond donors (Lipinski definition) is 1. The van der Waals surface area contributed by atoms with Crippen molar-refractivity contribution in [1.82, 2.24) is 0 Å². The van der Waals surface area contributed by atoms with Crippen LogP contribution in [0.2, 0.25) is 0 Å². The molecule has 0 radical (unpaired) electrons. The van der Waals surface area contributed by atoms with Crippen LogP contribution in [0, 0.1) is 42.6 Å². The van der Waals surface area contributed by atoms with Crippen molar-refractivity contribution in [3.63, 3.8) is 0 Å². The molecule has 0 aliphatic heterocycles. The number of amides is 1. The number of hydrogen-bond acceptors (Lipinski definition) is 3. The molecule has 1 N–H and O–H groups in total. The highest BCUT2D eigenvalue weighted by Gasteiger charge is 2.15. The Bertz CT molecular complexity index is 1280. The van der Waals surface area contributed by atoms with Gasteiger partial charge in [0.05, 0.1) is 6.61 Å². The predicted octanol–water partition coefficient (Wildman–Crippen LogP) is 7.06. The molecule has 3 aromatic rings. The monoisotopic (exact) mass is 564 g/mol. The summed E-state index contributed by atoms with van der Waals surface area (Å²) in [6, 6.07) is 18.3. The Balaban J connectivity index is 1.93. The van der Waals surface area contributed by atoms with E-state index in [4.69, 9.17) is 4.74 Å². The van der Waals surface area contributed by atoms with Crippen LogP contribution in [0.15, 0.2) is 54.1 Å². The quantitative estimate of drug-likeness (QED) is 0.190. The normalized spacial score (nSPS) is 11.1. The summed E-state index contributed by atoms with van der Waals surface area (Å²) in [7, 11) is 0. The lowest BCUT2D eigenvalue weighted by Crippen LogP contribution is -2.14. The predicted molar refractivity (Wildman–Crippen MR) is 147 cm³/mol. The standard InChI is InChI=1S/C29H29IN2O2/c1-6-34-28-16-23(15-26(30)25(28)14-22-11-19(3)9-20(4)12-22)13-24(17-31)29(33)32-27-8-7-18(2)10-21(27)5/h7-13,15-16H,6,14H2,1-5H3,(H,32,33)/b24-13+. The summed E-state index contributed by atoms with van der Waals surface area (Å²) in [6.07, 6.45) is 2.36. The van der Waals surface area contributed by atoms with Gasteiger partial charge >= 0.3 is 0 Å². The fourth-order valence-electron chi connectivity index (χ4n) is 4.00. The molecule has 0 aliphatic rings. The van der Waals surface area contributed by atoms with E-state index in [1.54, 1.807) is 6.08 Å². The van der Waals surface area contributed by atoms with Crippen LogP contribution in [0.3, 0.4) is 0 Å². The largest absolute Gasteiger partial charge is 0.494 e. The summed E-state index contributed by atoms with van der Waals surface area (Å²) >= 11 is 2.30. The molecule has 0 aliphatic carbocycles. The number of carbonyl (C=O) groups excluding carboxylic acids is 1. The van der Waals surface area contributed by atoms with Gasteiger partial charge in [-0.25, -0.2) is 0 Å². The molecule has 0 aromatic heterocycles. The van der Waals surface area contributed by atoms with E-state index in [9.17, 15) is 10.1 Å². The van der Waals surface area contributed by atoms with E-state index in [0.717, 1.165) is 38.0 Å². The number of ether oxygens (including phenoxy) is 1. The van der Waals surface area contributed by atoms with Crippen molar-refractivity contribution in [3.8, 4) is 11.8 Å². The van der Waals surface area contributed by atoms with E-state index in [0.29, 0.717) is 12.3 Å². The zero-order valence-electron chi connectivity index (χ0n) is 20.3. The van der Waals surface area contributed by atoms with Crippen molar-refractivity contribution in [2.45, 2.75) is 41.0 Å². The zero-order valence-corrected chi connectivity index (χ0v) is 22.4. The first kappa shape index (κ1) is 25.5. The zero-order chi connectivity index (χ0) is 24.8. The summed E-state index contributed by atoms with van der Waals surface area (Å²) in [5.41, 5.74) is 8.36. The SMILES string of the molecule is CCOc1cc(/C=C(\C#N)C(=O)Nc2ccc(C)cc2C)cc(I)c1Cc1cc(C)cc(C)c1. The number of benzene rings is 3. The van der Waals surface area contributed by atoms with Crippen molar-refractivity contribution in [1.29, 1.82) is 5.26 Å². The highest BCUT2D eigenvalue weighted by molar-refractivity contribution is 14.1. The number of nitrogens with zero attached hydrogens (tertiary/aromatic N) is 1. The molecule has 4 nitrogen and oxygen atoms in total. The molecule has 0 saturated carbocycles. The van der Waals surface area contributed by atoms with Gasteiger partial charge in [-0.3, -0.25) is 4.79 Å². The minimum atomic E-state index is -0.429.